The minimum atomic E-state index is -0.933. The topological polar surface area (TPSA) is 143 Å². The average molecular weight is 381 g/mol. The molecule has 0 saturated heterocycles. The molecule has 2 aromatic heterocycles. The molecule has 28 heavy (non-hydrogen) atoms. The van der Waals surface area contributed by atoms with Crippen molar-refractivity contribution in [1.82, 2.24) is 15.3 Å². The van der Waals surface area contributed by atoms with Gasteiger partial charge in [0.25, 0.3) is 5.91 Å². The van der Waals surface area contributed by atoms with E-state index < -0.39 is 17.9 Å². The van der Waals surface area contributed by atoms with Crippen LogP contribution in [0.2, 0.25) is 0 Å². The summed E-state index contributed by atoms with van der Waals surface area (Å²) in [5, 5.41) is 15.4. The Kier molecular flexibility index (Phi) is 5.54. The van der Waals surface area contributed by atoms with Crippen LogP contribution in [0.3, 0.4) is 0 Å². The second-order valence-corrected chi connectivity index (χ2v) is 6.02. The average Bonchev–Trinajstić information content (AvgIpc) is 3.15. The van der Waals surface area contributed by atoms with Crippen molar-refractivity contribution in [2.75, 3.05) is 7.11 Å². The molecule has 3 aromatic rings. The third kappa shape index (κ3) is 3.78. The molecule has 1 amide bonds. The number of aromatic amines is 1. The first-order valence-electron chi connectivity index (χ1n) is 8.40. The van der Waals surface area contributed by atoms with Crippen LogP contribution >= 0.6 is 0 Å². The lowest BCUT2D eigenvalue weighted by Gasteiger charge is -2.17. The number of H-pyrrole nitrogens is 1. The van der Waals surface area contributed by atoms with E-state index in [4.69, 9.17) is 15.7 Å². The van der Waals surface area contributed by atoms with E-state index in [1.54, 1.807) is 6.20 Å². The van der Waals surface area contributed by atoms with Gasteiger partial charge in [-0.25, -0.2) is 4.79 Å². The molecule has 0 spiro atoms. The number of methoxy groups -OCH3 is 1. The van der Waals surface area contributed by atoms with Gasteiger partial charge in [-0.3, -0.25) is 9.78 Å². The van der Waals surface area contributed by atoms with Crippen molar-refractivity contribution in [1.29, 1.82) is 0 Å². The van der Waals surface area contributed by atoms with Crippen molar-refractivity contribution < 1.29 is 19.5 Å². The largest absolute Gasteiger partial charge is 0.467 e. The third-order valence-corrected chi connectivity index (χ3v) is 4.34. The zero-order valence-corrected chi connectivity index (χ0v) is 15.0. The van der Waals surface area contributed by atoms with E-state index in [9.17, 15) is 9.59 Å². The van der Waals surface area contributed by atoms with Gasteiger partial charge < -0.3 is 26.0 Å². The maximum Gasteiger partial charge on any atom is 0.328 e. The summed E-state index contributed by atoms with van der Waals surface area (Å²) in [5.74, 6) is -1.42. The molecular formula is C19H19N5O4. The number of aromatic nitrogens is 2. The Morgan fingerprint density at radius 1 is 1.32 bits per heavy atom. The number of esters is 1. The van der Waals surface area contributed by atoms with E-state index in [1.165, 1.54) is 25.6 Å². The number of hydrogen-bond acceptors (Lipinski definition) is 6. The summed E-state index contributed by atoms with van der Waals surface area (Å²) in [5.41, 5.74) is 7.67. The number of carbonyl (C=O) groups excluding carboxylic acids is 2. The minimum absolute atomic E-state index is 0.0747. The molecule has 0 unspecified atom stereocenters. The van der Waals surface area contributed by atoms with Gasteiger partial charge in [0.15, 0.2) is 5.84 Å². The number of nitrogens with zero attached hydrogens (tertiary/aromatic N) is 2. The maximum atomic E-state index is 12.7. The summed E-state index contributed by atoms with van der Waals surface area (Å²) in [4.78, 5) is 32.0. The Labute approximate surface area is 160 Å². The summed E-state index contributed by atoms with van der Waals surface area (Å²) in [7, 11) is 1.25. The SMILES string of the molecule is COC(=O)[C@H](Cc1c[nH]c2ccccc12)NC(=O)c1cnccc1/C(N)=N/O. The molecule has 9 nitrogen and oxygen atoms in total. The molecule has 1 atom stereocenters. The molecule has 144 valence electrons. The fraction of sp³-hybridized carbons (Fsp3) is 0.158. The highest BCUT2D eigenvalue weighted by molar-refractivity contribution is 6.09. The molecule has 3 rings (SSSR count). The number of amides is 1. The third-order valence-electron chi connectivity index (χ3n) is 4.34. The van der Waals surface area contributed by atoms with Gasteiger partial charge in [-0.05, 0) is 17.7 Å². The van der Waals surface area contributed by atoms with E-state index in [-0.39, 0.29) is 23.4 Å². The number of oxime groups is 1. The number of carbonyl (C=O) groups is 2. The van der Waals surface area contributed by atoms with Crippen LogP contribution < -0.4 is 11.1 Å². The summed E-state index contributed by atoms with van der Waals surface area (Å²) in [6.07, 6.45) is 4.71. The molecular weight excluding hydrogens is 362 g/mol. The predicted molar refractivity (Wildman–Crippen MR) is 102 cm³/mol. The zero-order valence-electron chi connectivity index (χ0n) is 15.0. The van der Waals surface area contributed by atoms with Crippen molar-refractivity contribution in [2.24, 2.45) is 10.9 Å². The van der Waals surface area contributed by atoms with E-state index in [0.29, 0.717) is 0 Å². The Balaban J connectivity index is 1.88. The quantitative estimate of drug-likeness (QED) is 0.166. The van der Waals surface area contributed by atoms with Crippen molar-refractivity contribution in [3.05, 3.63) is 65.6 Å². The van der Waals surface area contributed by atoms with E-state index in [1.807, 2.05) is 24.3 Å². The molecule has 0 aliphatic rings. The highest BCUT2D eigenvalue weighted by atomic mass is 16.5. The van der Waals surface area contributed by atoms with Crippen LogP contribution in [0.25, 0.3) is 10.9 Å². The summed E-state index contributed by atoms with van der Waals surface area (Å²) in [6, 6.07) is 8.15. The molecule has 1 aromatic carbocycles. The normalized spacial score (nSPS) is 12.5. The molecule has 0 saturated carbocycles. The number of amidine groups is 1. The summed E-state index contributed by atoms with van der Waals surface area (Å²) in [6.45, 7) is 0. The van der Waals surface area contributed by atoms with Gasteiger partial charge in [0, 0.05) is 41.5 Å². The lowest BCUT2D eigenvalue weighted by atomic mass is 10.0. The Bertz CT molecular complexity index is 1040. The predicted octanol–water partition coefficient (Wildman–Crippen LogP) is 1.17. The van der Waals surface area contributed by atoms with Crippen molar-refractivity contribution in [2.45, 2.75) is 12.5 Å². The number of ether oxygens (including phenoxy) is 1. The second kappa shape index (κ2) is 8.21. The fourth-order valence-electron chi connectivity index (χ4n) is 2.94. The highest BCUT2D eigenvalue weighted by Gasteiger charge is 2.25. The standard InChI is InChI=1S/C19H19N5O4/c1-28-19(26)16(8-11-9-22-15-5-3-2-4-12(11)15)23-18(25)14-10-21-7-6-13(14)17(20)24-27/h2-7,9-10,16,22,27H,8H2,1H3,(H2,20,24)(H,23,25)/t16-/m0/s1. The number of benzene rings is 1. The van der Waals surface area contributed by atoms with E-state index in [0.717, 1.165) is 16.5 Å². The first-order valence-corrected chi connectivity index (χ1v) is 8.40. The lowest BCUT2D eigenvalue weighted by molar-refractivity contribution is -0.142. The number of pyridine rings is 1. The van der Waals surface area contributed by atoms with Crippen LogP contribution in [0.1, 0.15) is 21.5 Å². The number of nitrogens with two attached hydrogens (primary N) is 1. The maximum absolute atomic E-state index is 12.7. The summed E-state index contributed by atoms with van der Waals surface area (Å²) < 4.78 is 4.84. The molecule has 0 aliphatic carbocycles. The van der Waals surface area contributed by atoms with Crippen molar-refractivity contribution in [3.8, 4) is 0 Å². The minimum Gasteiger partial charge on any atom is -0.467 e. The second-order valence-electron chi connectivity index (χ2n) is 6.02. The number of para-hydroxylation sites is 1. The zero-order chi connectivity index (χ0) is 20.1. The van der Waals surface area contributed by atoms with Gasteiger partial charge >= 0.3 is 5.97 Å². The first-order chi connectivity index (χ1) is 13.5. The molecule has 0 bridgehead atoms. The van der Waals surface area contributed by atoms with Gasteiger partial charge in [0.05, 0.1) is 12.7 Å². The van der Waals surface area contributed by atoms with Crippen LogP contribution in [0.5, 0.6) is 0 Å². The Morgan fingerprint density at radius 3 is 2.86 bits per heavy atom. The van der Waals surface area contributed by atoms with Crippen molar-refractivity contribution in [3.63, 3.8) is 0 Å². The van der Waals surface area contributed by atoms with Crippen LogP contribution in [-0.2, 0) is 16.0 Å². The highest BCUT2D eigenvalue weighted by Crippen LogP contribution is 2.19. The molecule has 0 aliphatic heterocycles. The Morgan fingerprint density at radius 2 is 2.11 bits per heavy atom. The number of fused-ring (bicyclic) bond motifs is 1. The number of nitrogens with one attached hydrogen (secondary N) is 2. The number of hydrogen-bond donors (Lipinski definition) is 4. The monoisotopic (exact) mass is 381 g/mol. The molecule has 0 radical (unpaired) electrons. The molecule has 2 heterocycles. The van der Waals surface area contributed by atoms with Gasteiger partial charge in [-0.2, -0.15) is 0 Å². The number of rotatable bonds is 6. The van der Waals surface area contributed by atoms with Gasteiger partial charge in [-0.15, -0.1) is 0 Å². The van der Waals surface area contributed by atoms with Crippen molar-refractivity contribution >= 4 is 28.6 Å². The Hall–Kier alpha value is -3.88. The van der Waals surface area contributed by atoms with E-state index in [2.05, 4.69) is 20.4 Å². The summed E-state index contributed by atoms with van der Waals surface area (Å²) >= 11 is 0. The molecule has 0 fully saturated rings. The van der Waals surface area contributed by atoms with Gasteiger partial charge in [-0.1, -0.05) is 23.4 Å². The van der Waals surface area contributed by atoms with Gasteiger partial charge in [0.1, 0.15) is 6.04 Å². The van der Waals surface area contributed by atoms with Crippen LogP contribution in [0, 0.1) is 0 Å². The van der Waals surface area contributed by atoms with Gasteiger partial charge in [0.2, 0.25) is 0 Å². The van der Waals surface area contributed by atoms with Crippen LogP contribution in [-0.4, -0.2) is 46.0 Å². The lowest BCUT2D eigenvalue weighted by Crippen LogP contribution is -2.43. The van der Waals surface area contributed by atoms with E-state index >= 15 is 0 Å². The van der Waals surface area contributed by atoms with Crippen LogP contribution in [0.4, 0.5) is 0 Å². The molecule has 5 N–H and O–H groups in total. The van der Waals surface area contributed by atoms with Crippen LogP contribution in [0.15, 0.2) is 54.1 Å². The molecule has 9 heteroatoms. The first kappa shape index (κ1) is 18.9. The fourth-order valence-corrected chi connectivity index (χ4v) is 2.94. The smallest absolute Gasteiger partial charge is 0.328 e.